The van der Waals surface area contributed by atoms with Gasteiger partial charge in [0.15, 0.2) is 0 Å². The molecular formula is C10H20O4. The molecule has 84 valence electrons. The Bertz CT molecular complexity index is 189. The third-order valence-electron chi connectivity index (χ3n) is 1.49. The molecule has 3 N–H and O–H groups in total. The maximum Gasteiger partial charge on any atom is 0.330 e. The predicted molar refractivity (Wildman–Crippen MR) is 55.1 cm³/mol. The summed E-state index contributed by atoms with van der Waals surface area (Å²) in [5.41, 5.74) is -0.311. The van der Waals surface area contributed by atoms with Crippen LogP contribution in [0.3, 0.4) is 0 Å². The number of aliphatic carboxylic acids is 1. The Morgan fingerprint density at radius 2 is 1.86 bits per heavy atom. The molecule has 4 nitrogen and oxygen atoms in total. The quantitative estimate of drug-likeness (QED) is 0.603. The lowest BCUT2D eigenvalue weighted by Gasteiger charge is -2.13. The Kier molecular flexibility index (Phi) is 8.38. The van der Waals surface area contributed by atoms with E-state index in [1.165, 1.54) is 0 Å². The van der Waals surface area contributed by atoms with Gasteiger partial charge in [0.2, 0.25) is 0 Å². The summed E-state index contributed by atoms with van der Waals surface area (Å²) in [6.45, 7) is 6.65. The van der Waals surface area contributed by atoms with Crippen LogP contribution in [0, 0.1) is 0 Å². The molecule has 0 saturated carbocycles. The summed E-state index contributed by atoms with van der Waals surface area (Å²) in [6, 6.07) is 0. The van der Waals surface area contributed by atoms with Gasteiger partial charge in [-0.3, -0.25) is 0 Å². The van der Waals surface area contributed by atoms with Gasteiger partial charge in [-0.15, -0.1) is 0 Å². The zero-order valence-corrected chi connectivity index (χ0v) is 9.24. The van der Waals surface area contributed by atoms with Gasteiger partial charge in [-0.2, -0.15) is 0 Å². The first-order valence-corrected chi connectivity index (χ1v) is 4.44. The number of rotatable bonds is 3. The molecule has 0 aliphatic carbocycles. The molecule has 0 fully saturated rings. The monoisotopic (exact) mass is 204 g/mol. The van der Waals surface area contributed by atoms with Crippen LogP contribution in [-0.2, 0) is 4.79 Å². The fourth-order valence-electron chi connectivity index (χ4n) is 0.397. The number of aliphatic hydroxyl groups excluding tert-OH is 1. The van der Waals surface area contributed by atoms with Crippen molar-refractivity contribution in [3.05, 3.63) is 11.6 Å². The van der Waals surface area contributed by atoms with Crippen molar-refractivity contribution in [3.8, 4) is 0 Å². The number of allylic oxidation sites excluding steroid dienone is 1. The molecule has 0 unspecified atom stereocenters. The minimum Gasteiger partial charge on any atom is -0.478 e. The Hall–Kier alpha value is -0.870. The minimum atomic E-state index is -0.845. The van der Waals surface area contributed by atoms with Crippen LogP contribution in [0.2, 0.25) is 0 Å². The van der Waals surface area contributed by atoms with Crippen LogP contribution in [0.5, 0.6) is 0 Å². The molecule has 0 aromatic rings. The van der Waals surface area contributed by atoms with Crippen molar-refractivity contribution in [1.82, 2.24) is 0 Å². The Morgan fingerprint density at radius 1 is 1.43 bits per heavy atom. The number of carboxylic acids is 1. The van der Waals surface area contributed by atoms with Crippen molar-refractivity contribution in [3.63, 3.8) is 0 Å². The minimum absolute atomic E-state index is 0.0590. The van der Waals surface area contributed by atoms with Crippen LogP contribution < -0.4 is 0 Å². The molecule has 0 atom stereocenters. The van der Waals surface area contributed by atoms with Gasteiger partial charge in [0.05, 0.1) is 5.60 Å². The Morgan fingerprint density at radius 3 is 1.86 bits per heavy atom. The second-order valence-electron chi connectivity index (χ2n) is 3.56. The van der Waals surface area contributed by atoms with Crippen LogP contribution in [0.1, 0.15) is 34.1 Å². The Labute approximate surface area is 84.9 Å². The van der Waals surface area contributed by atoms with Gasteiger partial charge >= 0.3 is 5.97 Å². The third-order valence-corrected chi connectivity index (χ3v) is 1.49. The second-order valence-corrected chi connectivity index (χ2v) is 3.56. The van der Waals surface area contributed by atoms with Gasteiger partial charge in [-0.05, 0) is 34.1 Å². The van der Waals surface area contributed by atoms with Crippen molar-refractivity contribution in [2.75, 3.05) is 6.61 Å². The van der Waals surface area contributed by atoms with E-state index in [9.17, 15) is 4.79 Å². The lowest BCUT2D eigenvalue weighted by Crippen LogP contribution is -2.19. The maximum atomic E-state index is 9.86. The van der Waals surface area contributed by atoms with Crippen molar-refractivity contribution < 1.29 is 20.1 Å². The highest BCUT2D eigenvalue weighted by molar-refractivity contribution is 5.85. The number of hydrogen-bond acceptors (Lipinski definition) is 3. The zero-order chi connectivity index (χ0) is 11.8. The average Bonchev–Trinajstić information content (AvgIpc) is 2.01. The molecule has 0 aliphatic rings. The van der Waals surface area contributed by atoms with Crippen molar-refractivity contribution in [2.45, 2.75) is 39.7 Å². The van der Waals surface area contributed by atoms with Gasteiger partial charge in [-0.1, -0.05) is 6.08 Å². The van der Waals surface area contributed by atoms with E-state index in [0.29, 0.717) is 12.0 Å². The van der Waals surface area contributed by atoms with Crippen LogP contribution in [-0.4, -0.2) is 33.5 Å². The van der Waals surface area contributed by atoms with Crippen molar-refractivity contribution in [2.24, 2.45) is 0 Å². The topological polar surface area (TPSA) is 77.8 Å². The molecule has 14 heavy (non-hydrogen) atoms. The molecule has 0 amide bonds. The summed E-state index contributed by atoms with van der Waals surface area (Å²) in [5, 5.41) is 25.2. The molecule has 0 radical (unpaired) electrons. The largest absolute Gasteiger partial charge is 0.478 e. The molecule has 0 rings (SSSR count). The van der Waals surface area contributed by atoms with Crippen LogP contribution in [0.4, 0.5) is 0 Å². The van der Waals surface area contributed by atoms with Crippen molar-refractivity contribution >= 4 is 5.97 Å². The smallest absolute Gasteiger partial charge is 0.330 e. The van der Waals surface area contributed by atoms with E-state index in [1.807, 2.05) is 0 Å². The van der Waals surface area contributed by atoms with E-state index >= 15 is 0 Å². The first-order chi connectivity index (χ1) is 6.24. The predicted octanol–water partition coefficient (Wildman–Crippen LogP) is 1.18. The number of hydrogen-bond donors (Lipinski definition) is 3. The lowest BCUT2D eigenvalue weighted by molar-refractivity contribution is -0.132. The molecular weight excluding hydrogens is 184 g/mol. The summed E-state index contributed by atoms with van der Waals surface area (Å²) in [5.74, 6) is -0.845. The number of carboxylic acid groups (broad SMARTS) is 1. The van der Waals surface area contributed by atoms with Crippen LogP contribution in [0.15, 0.2) is 11.6 Å². The van der Waals surface area contributed by atoms with E-state index in [1.54, 1.807) is 33.8 Å². The standard InChI is InChI=1S/C5H12O2.C5H8O2/c1-5(2,7)3-4-6;1-3-4(2)5(6)7/h6-7H,3-4H2,1-2H3;3H,1-2H3,(H,6,7). The highest BCUT2D eigenvalue weighted by Crippen LogP contribution is 2.04. The van der Waals surface area contributed by atoms with Gasteiger partial charge < -0.3 is 15.3 Å². The second kappa shape index (κ2) is 7.53. The molecule has 0 bridgehead atoms. The van der Waals surface area contributed by atoms with Gasteiger partial charge in [0, 0.05) is 12.2 Å². The van der Waals surface area contributed by atoms with Crippen LogP contribution >= 0.6 is 0 Å². The third kappa shape index (κ3) is 13.7. The summed E-state index contributed by atoms with van der Waals surface area (Å²) in [6.07, 6.45) is 2.01. The highest BCUT2D eigenvalue weighted by Gasteiger charge is 2.09. The molecule has 0 aromatic heterocycles. The number of carbonyl (C=O) groups is 1. The molecule has 0 spiro atoms. The summed E-state index contributed by atoms with van der Waals surface area (Å²) in [7, 11) is 0. The lowest BCUT2D eigenvalue weighted by atomic mass is 10.1. The first kappa shape index (κ1) is 15.6. The molecule has 4 heteroatoms. The normalized spacial score (nSPS) is 11.7. The maximum absolute atomic E-state index is 9.86. The highest BCUT2D eigenvalue weighted by atomic mass is 16.4. The molecule has 0 heterocycles. The van der Waals surface area contributed by atoms with Crippen molar-refractivity contribution in [1.29, 1.82) is 0 Å². The fraction of sp³-hybridized carbons (Fsp3) is 0.700. The zero-order valence-electron chi connectivity index (χ0n) is 9.24. The van der Waals surface area contributed by atoms with E-state index in [0.717, 1.165) is 0 Å². The van der Waals surface area contributed by atoms with Crippen LogP contribution in [0.25, 0.3) is 0 Å². The van der Waals surface area contributed by atoms with E-state index < -0.39 is 11.6 Å². The molecule has 0 saturated heterocycles. The molecule has 0 aromatic carbocycles. The molecule has 0 aliphatic heterocycles. The van der Waals surface area contributed by atoms with Gasteiger partial charge in [-0.25, -0.2) is 4.79 Å². The number of aliphatic hydroxyl groups is 2. The first-order valence-electron chi connectivity index (χ1n) is 4.44. The fourth-order valence-corrected chi connectivity index (χ4v) is 0.397. The summed E-state index contributed by atoms with van der Waals surface area (Å²) in [4.78, 5) is 9.86. The van der Waals surface area contributed by atoms with Gasteiger partial charge in [0.25, 0.3) is 0 Å². The summed E-state index contributed by atoms with van der Waals surface area (Å²) >= 11 is 0. The summed E-state index contributed by atoms with van der Waals surface area (Å²) < 4.78 is 0. The van der Waals surface area contributed by atoms with E-state index in [2.05, 4.69) is 0 Å². The van der Waals surface area contributed by atoms with Gasteiger partial charge in [0.1, 0.15) is 0 Å². The van der Waals surface area contributed by atoms with E-state index in [-0.39, 0.29) is 6.61 Å². The van der Waals surface area contributed by atoms with E-state index in [4.69, 9.17) is 15.3 Å². The Balaban J connectivity index is 0. The average molecular weight is 204 g/mol. The SMILES string of the molecule is CC(C)(O)CCO.CC=C(C)C(=O)O.